The molecule has 7 heteroatoms. The van der Waals surface area contributed by atoms with E-state index in [0.29, 0.717) is 27.8 Å². The number of benzene rings is 2. The first kappa shape index (κ1) is 17.8. The number of fused-ring (bicyclic) bond motifs is 1. The molecule has 0 saturated heterocycles. The summed E-state index contributed by atoms with van der Waals surface area (Å²) in [4.78, 5) is 9.85. The van der Waals surface area contributed by atoms with Crippen LogP contribution in [0.2, 0.25) is 5.02 Å². The van der Waals surface area contributed by atoms with Crippen molar-refractivity contribution in [2.45, 2.75) is 4.90 Å². The molecule has 0 unspecified atom stereocenters. The van der Waals surface area contributed by atoms with Gasteiger partial charge in [0.2, 0.25) is 5.78 Å². The molecule has 0 spiro atoms. The lowest BCUT2D eigenvalue weighted by atomic mass is 10.0. The van der Waals surface area contributed by atoms with Gasteiger partial charge in [-0.1, -0.05) is 17.7 Å². The van der Waals surface area contributed by atoms with Gasteiger partial charge in [-0.3, -0.25) is 4.40 Å². The number of aromatic nitrogens is 3. The molecule has 2 heterocycles. The van der Waals surface area contributed by atoms with Crippen LogP contribution in [-0.2, 0) is 0 Å². The van der Waals surface area contributed by atoms with Gasteiger partial charge in [0.15, 0.2) is 0 Å². The van der Waals surface area contributed by atoms with Gasteiger partial charge in [0.25, 0.3) is 0 Å². The van der Waals surface area contributed by atoms with E-state index >= 15 is 0 Å². The minimum Gasteiger partial charge on any atom is -0.497 e. The smallest absolute Gasteiger partial charge is 0.234 e. The summed E-state index contributed by atoms with van der Waals surface area (Å²) in [6.45, 7) is 0. The highest BCUT2D eigenvalue weighted by Crippen LogP contribution is 2.37. The second-order valence-corrected chi connectivity index (χ2v) is 7.05. The van der Waals surface area contributed by atoms with Crippen LogP contribution in [0.4, 0.5) is 4.39 Å². The molecule has 0 aliphatic heterocycles. The molecule has 27 heavy (non-hydrogen) atoms. The van der Waals surface area contributed by atoms with Crippen molar-refractivity contribution < 1.29 is 9.13 Å². The van der Waals surface area contributed by atoms with Gasteiger partial charge >= 0.3 is 0 Å². The molecule has 4 aromatic rings. The topological polar surface area (TPSA) is 39.4 Å². The molecule has 2 aromatic carbocycles. The van der Waals surface area contributed by atoms with Crippen molar-refractivity contribution in [3.8, 4) is 28.3 Å². The maximum absolute atomic E-state index is 14.8. The van der Waals surface area contributed by atoms with Gasteiger partial charge in [0, 0.05) is 34.5 Å². The molecule has 0 saturated carbocycles. The highest BCUT2D eigenvalue weighted by Gasteiger charge is 2.20. The molecule has 0 radical (unpaired) electrons. The third-order valence-corrected chi connectivity index (χ3v) is 5.48. The van der Waals surface area contributed by atoms with Crippen molar-refractivity contribution >= 4 is 29.1 Å². The lowest BCUT2D eigenvalue weighted by Crippen LogP contribution is -1.93. The summed E-state index contributed by atoms with van der Waals surface area (Å²) in [5.74, 6) is 0.528. The Morgan fingerprint density at radius 2 is 2.04 bits per heavy atom. The molecule has 0 aliphatic carbocycles. The maximum Gasteiger partial charge on any atom is 0.234 e. The first-order chi connectivity index (χ1) is 13.1. The standard InChI is InChI=1S/C20H15ClFN3OS/c1-26-13-5-6-14(16(22)11-13)18-19(25-9-3-8-23-20(25)24-18)12-4-7-17(27-2)15(21)10-12/h3-11H,1-2H3. The number of thioether (sulfide) groups is 1. The number of nitrogens with zero attached hydrogens (tertiary/aromatic N) is 3. The monoisotopic (exact) mass is 399 g/mol. The van der Waals surface area contributed by atoms with Crippen LogP contribution >= 0.6 is 23.4 Å². The van der Waals surface area contributed by atoms with E-state index < -0.39 is 5.82 Å². The highest BCUT2D eigenvalue weighted by molar-refractivity contribution is 7.98. The number of halogens is 2. The zero-order valence-corrected chi connectivity index (χ0v) is 16.2. The van der Waals surface area contributed by atoms with Crippen LogP contribution in [0.3, 0.4) is 0 Å². The van der Waals surface area contributed by atoms with Crippen molar-refractivity contribution in [2.24, 2.45) is 0 Å². The Balaban J connectivity index is 1.99. The van der Waals surface area contributed by atoms with Crippen molar-refractivity contribution in [1.29, 1.82) is 0 Å². The molecular weight excluding hydrogens is 385 g/mol. The SMILES string of the molecule is COc1ccc(-c2nc3ncccn3c2-c2ccc(SC)c(Cl)c2)c(F)c1. The summed E-state index contributed by atoms with van der Waals surface area (Å²) in [5.41, 5.74) is 2.45. The first-order valence-electron chi connectivity index (χ1n) is 8.13. The normalized spacial score (nSPS) is 11.1. The molecule has 0 amide bonds. The summed E-state index contributed by atoms with van der Waals surface area (Å²) >= 11 is 7.98. The summed E-state index contributed by atoms with van der Waals surface area (Å²) < 4.78 is 21.7. The molecule has 4 rings (SSSR count). The van der Waals surface area contributed by atoms with Crippen LogP contribution in [-0.4, -0.2) is 27.7 Å². The van der Waals surface area contributed by atoms with Crippen LogP contribution < -0.4 is 4.74 Å². The van der Waals surface area contributed by atoms with Crippen LogP contribution in [0.1, 0.15) is 0 Å². The Kier molecular flexibility index (Phi) is 4.76. The average Bonchev–Trinajstić information content (AvgIpc) is 3.06. The van der Waals surface area contributed by atoms with E-state index in [1.807, 2.05) is 41.1 Å². The van der Waals surface area contributed by atoms with Crippen LogP contribution in [0, 0.1) is 5.82 Å². The Labute approximate surface area is 165 Å². The van der Waals surface area contributed by atoms with Crippen LogP contribution in [0.15, 0.2) is 59.8 Å². The second kappa shape index (κ2) is 7.21. The number of rotatable bonds is 4. The fourth-order valence-corrected chi connectivity index (χ4v) is 3.85. The molecule has 0 bridgehead atoms. The molecule has 0 aliphatic rings. The van der Waals surface area contributed by atoms with Gasteiger partial charge in [-0.15, -0.1) is 11.8 Å². The fourth-order valence-electron chi connectivity index (χ4n) is 2.98. The van der Waals surface area contributed by atoms with Gasteiger partial charge in [0.1, 0.15) is 17.3 Å². The Morgan fingerprint density at radius 1 is 1.19 bits per heavy atom. The molecule has 0 fully saturated rings. The number of ether oxygens (including phenoxy) is 1. The summed E-state index contributed by atoms with van der Waals surface area (Å²) in [6, 6.07) is 12.3. The van der Waals surface area contributed by atoms with Crippen LogP contribution in [0.5, 0.6) is 5.75 Å². The predicted molar refractivity (Wildman–Crippen MR) is 107 cm³/mol. The fraction of sp³-hybridized carbons (Fsp3) is 0.100. The zero-order valence-electron chi connectivity index (χ0n) is 14.6. The minimum absolute atomic E-state index is 0.376. The molecule has 0 N–H and O–H groups in total. The third kappa shape index (κ3) is 3.15. The third-order valence-electron chi connectivity index (χ3n) is 4.26. The Bertz CT molecular complexity index is 1150. The number of hydrogen-bond donors (Lipinski definition) is 0. The van der Waals surface area contributed by atoms with Gasteiger partial charge in [-0.2, -0.15) is 0 Å². The van der Waals surface area contributed by atoms with E-state index in [1.54, 1.807) is 30.1 Å². The summed E-state index contributed by atoms with van der Waals surface area (Å²) in [6.07, 6.45) is 5.48. The summed E-state index contributed by atoms with van der Waals surface area (Å²) in [7, 11) is 1.50. The number of hydrogen-bond acceptors (Lipinski definition) is 4. The minimum atomic E-state index is -0.411. The van der Waals surface area contributed by atoms with Crippen LogP contribution in [0.25, 0.3) is 28.3 Å². The lowest BCUT2D eigenvalue weighted by molar-refractivity contribution is 0.411. The quantitative estimate of drug-likeness (QED) is 0.419. The van der Waals surface area contributed by atoms with Gasteiger partial charge < -0.3 is 4.74 Å². The highest BCUT2D eigenvalue weighted by atomic mass is 35.5. The Morgan fingerprint density at radius 3 is 2.74 bits per heavy atom. The van der Waals surface area contributed by atoms with Crippen molar-refractivity contribution in [3.63, 3.8) is 0 Å². The predicted octanol–water partition coefficient (Wildman–Crippen LogP) is 5.59. The Hall–Kier alpha value is -2.57. The van der Waals surface area contributed by atoms with E-state index in [1.165, 1.54) is 13.2 Å². The first-order valence-corrected chi connectivity index (χ1v) is 9.73. The number of imidazole rings is 1. The number of methoxy groups -OCH3 is 1. The van der Waals surface area contributed by atoms with E-state index in [9.17, 15) is 4.39 Å². The van der Waals surface area contributed by atoms with E-state index in [4.69, 9.17) is 16.3 Å². The van der Waals surface area contributed by atoms with Gasteiger partial charge in [-0.05, 0) is 36.6 Å². The van der Waals surface area contributed by atoms with Gasteiger partial charge in [-0.25, -0.2) is 14.4 Å². The second-order valence-electron chi connectivity index (χ2n) is 5.79. The largest absolute Gasteiger partial charge is 0.497 e. The molecule has 136 valence electrons. The van der Waals surface area contributed by atoms with Gasteiger partial charge in [0.05, 0.1) is 17.8 Å². The van der Waals surface area contributed by atoms with Crippen molar-refractivity contribution in [1.82, 2.24) is 14.4 Å². The van der Waals surface area contributed by atoms with Crippen molar-refractivity contribution in [3.05, 3.63) is 65.7 Å². The molecule has 2 aromatic heterocycles. The van der Waals surface area contributed by atoms with Crippen molar-refractivity contribution in [2.75, 3.05) is 13.4 Å². The molecule has 0 atom stereocenters. The summed E-state index contributed by atoms with van der Waals surface area (Å²) in [5, 5.41) is 0.639. The van der Waals surface area contributed by atoms with E-state index in [0.717, 1.165) is 16.2 Å². The lowest BCUT2D eigenvalue weighted by Gasteiger charge is -2.09. The van der Waals surface area contributed by atoms with E-state index in [-0.39, 0.29) is 0 Å². The average molecular weight is 400 g/mol. The maximum atomic E-state index is 14.8. The zero-order chi connectivity index (χ0) is 19.0. The molecular formula is C20H15ClFN3OS. The molecule has 4 nitrogen and oxygen atoms in total. The van der Waals surface area contributed by atoms with E-state index in [2.05, 4.69) is 9.97 Å².